The average Bonchev–Trinajstić information content (AvgIpc) is 2.65. The van der Waals surface area contributed by atoms with E-state index in [9.17, 15) is 18.3 Å². The van der Waals surface area contributed by atoms with Crippen molar-refractivity contribution in [3.05, 3.63) is 53.6 Å². The summed E-state index contributed by atoms with van der Waals surface area (Å²) in [5, 5.41) is 9.87. The molecule has 1 unspecified atom stereocenters. The first-order valence-electron chi connectivity index (χ1n) is 7.96. The molecule has 0 bridgehead atoms. The third-order valence-electron chi connectivity index (χ3n) is 3.43. The summed E-state index contributed by atoms with van der Waals surface area (Å²) in [6.45, 7) is 1.77. The molecule has 0 aliphatic heterocycles. The molecule has 0 radical (unpaired) electrons. The van der Waals surface area contributed by atoms with Crippen molar-refractivity contribution in [1.29, 1.82) is 0 Å². The Morgan fingerprint density at radius 1 is 1.00 bits per heavy atom. The summed E-state index contributed by atoms with van der Waals surface area (Å²) in [4.78, 5) is 16.2. The number of carbonyl (C=O) groups excluding carboxylic acids is 2. The summed E-state index contributed by atoms with van der Waals surface area (Å²) in [5.41, 5.74) is 0.147. The lowest BCUT2D eigenvalue weighted by Gasteiger charge is -2.15. The van der Waals surface area contributed by atoms with Gasteiger partial charge in [-0.2, -0.15) is 22.8 Å². The van der Waals surface area contributed by atoms with Crippen molar-refractivity contribution in [3.63, 3.8) is 0 Å². The fourth-order valence-electron chi connectivity index (χ4n) is 2.11. The average molecular weight is 400 g/mol. The maximum Gasteiger partial charge on any atom is 0.416 e. The van der Waals surface area contributed by atoms with Gasteiger partial charge >= 0.3 is 12.3 Å². The Kier molecular flexibility index (Phi) is 9.01. The van der Waals surface area contributed by atoms with E-state index in [1.165, 1.54) is 12.1 Å². The number of aliphatic hydroxyl groups excluding tert-OH is 1. The quantitative estimate of drug-likeness (QED) is 0.768. The molecule has 1 N–H and O–H groups in total. The summed E-state index contributed by atoms with van der Waals surface area (Å²) in [6, 6.07) is 9.54. The predicted molar refractivity (Wildman–Crippen MR) is 91.2 cm³/mol. The summed E-state index contributed by atoms with van der Waals surface area (Å²) in [6.07, 6.45) is -5.06. The van der Waals surface area contributed by atoms with Crippen LogP contribution in [0.4, 0.5) is 13.2 Å². The Hall–Kier alpha value is -3.03. The fraction of sp³-hybridized carbons (Fsp3) is 0.316. The Bertz CT molecular complexity index is 768. The van der Waals surface area contributed by atoms with Crippen LogP contribution in [0.25, 0.3) is 0 Å². The number of halogens is 3. The molecule has 0 saturated carbocycles. The molecule has 152 valence electrons. The van der Waals surface area contributed by atoms with Gasteiger partial charge in [-0.25, -0.2) is 0 Å². The highest BCUT2D eigenvalue weighted by Crippen LogP contribution is 2.30. The minimum absolute atomic E-state index is 0.00754. The number of alkyl halides is 3. The molecular weight excluding hydrogens is 381 g/mol. The van der Waals surface area contributed by atoms with Crippen LogP contribution >= 0.6 is 0 Å². The van der Waals surface area contributed by atoms with Gasteiger partial charge in [0.15, 0.2) is 0 Å². The first kappa shape index (κ1) is 23.0. The van der Waals surface area contributed by atoms with Gasteiger partial charge in [-0.15, -0.1) is 0 Å². The third-order valence-corrected chi connectivity index (χ3v) is 3.43. The number of aliphatic hydroxyl groups is 1. The van der Waals surface area contributed by atoms with E-state index in [2.05, 4.69) is 0 Å². The van der Waals surface area contributed by atoms with Crippen molar-refractivity contribution in [2.45, 2.75) is 19.2 Å². The van der Waals surface area contributed by atoms with Gasteiger partial charge in [0.1, 0.15) is 36.6 Å². The molecule has 0 aliphatic rings. The van der Waals surface area contributed by atoms with E-state index in [-0.39, 0.29) is 25.1 Å². The molecular formula is C19H19F3O6. The number of ether oxygens (including phenoxy) is 3. The lowest BCUT2D eigenvalue weighted by Crippen LogP contribution is -2.25. The number of hydrogen-bond donors (Lipinski definition) is 1. The molecule has 28 heavy (non-hydrogen) atoms. The second-order valence-corrected chi connectivity index (χ2v) is 5.51. The van der Waals surface area contributed by atoms with Crippen LogP contribution in [0.5, 0.6) is 17.2 Å². The van der Waals surface area contributed by atoms with Gasteiger partial charge in [0.05, 0.1) is 12.7 Å². The van der Waals surface area contributed by atoms with Gasteiger partial charge in [0, 0.05) is 0 Å². The zero-order chi connectivity index (χ0) is 21.2. The fourth-order valence-corrected chi connectivity index (χ4v) is 2.11. The van der Waals surface area contributed by atoms with E-state index >= 15 is 0 Å². The van der Waals surface area contributed by atoms with Crippen molar-refractivity contribution >= 4 is 6.15 Å². The highest BCUT2D eigenvalue weighted by Gasteiger charge is 2.30. The highest BCUT2D eigenvalue weighted by atomic mass is 19.4. The highest BCUT2D eigenvalue weighted by molar-refractivity contribution is 5.39. The van der Waals surface area contributed by atoms with E-state index in [4.69, 9.17) is 23.8 Å². The molecule has 0 saturated heterocycles. The van der Waals surface area contributed by atoms with Gasteiger partial charge < -0.3 is 19.3 Å². The molecule has 0 aromatic heterocycles. The molecule has 9 heteroatoms. The normalized spacial score (nSPS) is 11.5. The minimum atomic E-state index is -4.39. The lowest BCUT2D eigenvalue weighted by molar-refractivity contribution is -0.191. The van der Waals surface area contributed by atoms with E-state index in [0.717, 1.165) is 23.4 Å². The largest absolute Gasteiger partial charge is 0.496 e. The second-order valence-electron chi connectivity index (χ2n) is 5.51. The van der Waals surface area contributed by atoms with Crippen molar-refractivity contribution in [1.82, 2.24) is 0 Å². The molecule has 0 aliphatic carbocycles. The smallest absolute Gasteiger partial charge is 0.416 e. The number of rotatable bonds is 7. The topological polar surface area (TPSA) is 82.1 Å². The first-order valence-corrected chi connectivity index (χ1v) is 7.96. The van der Waals surface area contributed by atoms with Crippen molar-refractivity contribution in [2.24, 2.45) is 0 Å². The molecule has 2 aromatic rings. The maximum atomic E-state index is 12.5. The standard InChI is InChI=1S/C18H19F3O4.CO2/c1-12-9-16(7-8-17(12)23-2)25-11-14(22)10-24-15-5-3-13(4-6-15)18(19,20)21;2-1-3/h3-9,14,22H,10-11H2,1-2H3;. The monoisotopic (exact) mass is 400 g/mol. The van der Waals surface area contributed by atoms with Gasteiger partial charge in [-0.3, -0.25) is 0 Å². The number of benzene rings is 2. The molecule has 2 rings (SSSR count). The van der Waals surface area contributed by atoms with Gasteiger partial charge in [-0.05, 0) is 55.0 Å². The van der Waals surface area contributed by atoms with E-state index < -0.39 is 17.8 Å². The van der Waals surface area contributed by atoms with E-state index in [1.54, 1.807) is 25.3 Å². The van der Waals surface area contributed by atoms with Crippen molar-refractivity contribution < 1.29 is 42.1 Å². The van der Waals surface area contributed by atoms with Crippen LogP contribution in [0, 0.1) is 6.92 Å². The molecule has 0 heterocycles. The van der Waals surface area contributed by atoms with Crippen molar-refractivity contribution in [2.75, 3.05) is 20.3 Å². The molecule has 1 atom stereocenters. The minimum Gasteiger partial charge on any atom is -0.496 e. The molecule has 0 amide bonds. The summed E-state index contributed by atoms with van der Waals surface area (Å²) < 4.78 is 53.3. The molecule has 0 spiro atoms. The Morgan fingerprint density at radius 2 is 1.50 bits per heavy atom. The Morgan fingerprint density at radius 3 is 1.96 bits per heavy atom. The van der Waals surface area contributed by atoms with Crippen LogP contribution in [0.3, 0.4) is 0 Å². The summed E-state index contributed by atoms with van der Waals surface area (Å²) in [7, 11) is 1.57. The molecule has 0 fully saturated rings. The number of methoxy groups -OCH3 is 1. The number of hydrogen-bond acceptors (Lipinski definition) is 6. The van der Waals surface area contributed by atoms with Crippen LogP contribution in [0.1, 0.15) is 11.1 Å². The van der Waals surface area contributed by atoms with Crippen molar-refractivity contribution in [3.8, 4) is 17.2 Å². The zero-order valence-corrected chi connectivity index (χ0v) is 15.2. The molecule has 2 aromatic carbocycles. The SMILES string of the molecule is COc1ccc(OCC(O)COc2ccc(C(F)(F)F)cc2)cc1C.O=C=O. The van der Waals surface area contributed by atoms with E-state index in [1.807, 2.05) is 6.92 Å². The van der Waals surface area contributed by atoms with Crippen LogP contribution in [-0.4, -0.2) is 37.7 Å². The molecule has 6 nitrogen and oxygen atoms in total. The lowest BCUT2D eigenvalue weighted by atomic mass is 10.2. The summed E-state index contributed by atoms with van der Waals surface area (Å²) in [5.74, 6) is 1.55. The number of aryl methyl sites for hydroxylation is 1. The van der Waals surface area contributed by atoms with Gasteiger partial charge in [0.2, 0.25) is 0 Å². The Balaban J connectivity index is 0.00000122. The zero-order valence-electron chi connectivity index (χ0n) is 15.2. The summed E-state index contributed by atoms with van der Waals surface area (Å²) >= 11 is 0. The van der Waals surface area contributed by atoms with Crippen LogP contribution < -0.4 is 14.2 Å². The van der Waals surface area contributed by atoms with Crippen LogP contribution in [0.2, 0.25) is 0 Å². The Labute approximate surface area is 159 Å². The van der Waals surface area contributed by atoms with Crippen LogP contribution in [0.15, 0.2) is 42.5 Å². The second kappa shape index (κ2) is 11.0. The van der Waals surface area contributed by atoms with Crippen LogP contribution in [-0.2, 0) is 15.8 Å². The van der Waals surface area contributed by atoms with Gasteiger partial charge in [0.25, 0.3) is 0 Å². The van der Waals surface area contributed by atoms with Gasteiger partial charge in [-0.1, -0.05) is 0 Å². The predicted octanol–water partition coefficient (Wildman–Crippen LogP) is 3.26. The first-order chi connectivity index (χ1) is 13.2. The van der Waals surface area contributed by atoms with E-state index in [0.29, 0.717) is 5.75 Å². The third kappa shape index (κ3) is 7.69. The maximum absolute atomic E-state index is 12.5.